The van der Waals surface area contributed by atoms with Crippen molar-refractivity contribution in [1.82, 2.24) is 0 Å². The maximum absolute atomic E-state index is 9.08. The van der Waals surface area contributed by atoms with Crippen LogP contribution in [0.3, 0.4) is 0 Å². The van der Waals surface area contributed by atoms with E-state index >= 15 is 0 Å². The number of benzene rings is 2. The van der Waals surface area contributed by atoms with Crippen LogP contribution in [0, 0.1) is 0 Å². The summed E-state index contributed by atoms with van der Waals surface area (Å²) in [6.07, 6.45) is 4.37. The van der Waals surface area contributed by atoms with E-state index in [2.05, 4.69) is 49.4 Å². The summed E-state index contributed by atoms with van der Waals surface area (Å²) in [5, 5.41) is 18.2. The zero-order valence-corrected chi connectivity index (χ0v) is 13.3. The topological polar surface area (TPSA) is 40.5 Å². The first-order valence-electron chi connectivity index (χ1n) is 8.24. The molecular weight excluding hydrogens is 272 g/mol. The molecule has 0 atom stereocenters. The van der Waals surface area contributed by atoms with Gasteiger partial charge in [0.05, 0.1) is 0 Å². The first-order valence-corrected chi connectivity index (χ1v) is 8.24. The second-order valence-electron chi connectivity index (χ2n) is 5.79. The van der Waals surface area contributed by atoms with Crippen molar-refractivity contribution in [3.05, 3.63) is 59.7 Å². The molecule has 2 aromatic rings. The minimum absolute atomic E-state index is 0.427. The zero-order chi connectivity index (χ0) is 15.8. The highest BCUT2D eigenvalue weighted by Crippen LogP contribution is 2.28. The summed E-state index contributed by atoms with van der Waals surface area (Å²) in [4.78, 5) is 0. The van der Waals surface area contributed by atoms with Gasteiger partial charge in [-0.2, -0.15) is 0 Å². The largest absolute Gasteiger partial charge is 0.368 e. The summed E-state index contributed by atoms with van der Waals surface area (Å²) >= 11 is 0. The lowest BCUT2D eigenvalue weighted by atomic mass is 9.90. The molecule has 22 heavy (non-hydrogen) atoms. The van der Waals surface area contributed by atoms with E-state index in [4.69, 9.17) is 10.2 Å². The molecular formula is C20H26O2. The van der Waals surface area contributed by atoms with Gasteiger partial charge in [-0.3, -0.25) is 0 Å². The lowest BCUT2D eigenvalue weighted by Gasteiger charge is -2.16. The molecule has 2 rings (SSSR count). The molecule has 0 aromatic heterocycles. The molecule has 0 aliphatic carbocycles. The van der Waals surface area contributed by atoms with Crippen LogP contribution in [0.4, 0.5) is 0 Å². The van der Waals surface area contributed by atoms with Gasteiger partial charge in [0, 0.05) is 0 Å². The Morgan fingerprint density at radius 3 is 2.32 bits per heavy atom. The molecule has 0 radical (unpaired) electrons. The van der Waals surface area contributed by atoms with Gasteiger partial charge in [-0.05, 0) is 54.4 Å². The first kappa shape index (κ1) is 16.7. The summed E-state index contributed by atoms with van der Waals surface area (Å²) in [5.41, 5.74) is 5.28. The van der Waals surface area contributed by atoms with Crippen LogP contribution < -0.4 is 0 Å². The van der Waals surface area contributed by atoms with Gasteiger partial charge in [0.25, 0.3) is 0 Å². The van der Waals surface area contributed by atoms with Crippen molar-refractivity contribution >= 4 is 0 Å². The van der Waals surface area contributed by atoms with Crippen LogP contribution in [-0.2, 0) is 12.8 Å². The van der Waals surface area contributed by atoms with Crippen molar-refractivity contribution in [3.8, 4) is 11.1 Å². The van der Waals surface area contributed by atoms with Gasteiger partial charge in [0.1, 0.15) is 0 Å². The minimum atomic E-state index is -1.21. The number of aryl methyl sites for hydroxylation is 1. The molecule has 0 heterocycles. The van der Waals surface area contributed by atoms with Gasteiger partial charge in [-0.1, -0.05) is 61.9 Å². The molecule has 0 saturated carbocycles. The molecule has 2 N–H and O–H groups in total. The molecule has 0 amide bonds. The first-order chi connectivity index (χ1) is 10.7. The number of rotatable bonds is 8. The Morgan fingerprint density at radius 2 is 1.64 bits per heavy atom. The molecule has 0 unspecified atom stereocenters. The van der Waals surface area contributed by atoms with E-state index in [9.17, 15) is 0 Å². The van der Waals surface area contributed by atoms with Gasteiger partial charge < -0.3 is 10.2 Å². The number of aliphatic hydroxyl groups excluding tert-OH is 1. The third-order valence-electron chi connectivity index (χ3n) is 4.05. The van der Waals surface area contributed by atoms with E-state index in [0.717, 1.165) is 19.3 Å². The van der Waals surface area contributed by atoms with Crippen molar-refractivity contribution in [2.75, 3.05) is 0 Å². The Labute approximate surface area is 133 Å². The van der Waals surface area contributed by atoms with Crippen LogP contribution in [0.25, 0.3) is 11.1 Å². The second-order valence-corrected chi connectivity index (χ2v) is 5.79. The smallest absolute Gasteiger partial charge is 0.151 e. The van der Waals surface area contributed by atoms with Crippen LogP contribution in [0.1, 0.15) is 43.7 Å². The van der Waals surface area contributed by atoms with Crippen molar-refractivity contribution in [2.45, 2.75) is 51.7 Å². The molecule has 2 heteroatoms. The highest BCUT2D eigenvalue weighted by Gasteiger charge is 2.10. The summed E-state index contributed by atoms with van der Waals surface area (Å²) in [6.45, 7) is 2.21. The molecule has 0 aliphatic heterocycles. The van der Waals surface area contributed by atoms with E-state index in [0.29, 0.717) is 6.42 Å². The normalized spacial score (nSPS) is 11.1. The molecule has 118 valence electrons. The molecule has 0 spiro atoms. The average Bonchev–Trinajstić information content (AvgIpc) is 2.54. The van der Waals surface area contributed by atoms with Crippen LogP contribution in [0.2, 0.25) is 0 Å². The lowest BCUT2D eigenvalue weighted by Crippen LogP contribution is -2.05. The third kappa shape index (κ3) is 4.69. The Balaban J connectivity index is 2.30. The zero-order valence-electron chi connectivity index (χ0n) is 13.3. The fourth-order valence-corrected chi connectivity index (χ4v) is 2.88. The van der Waals surface area contributed by atoms with E-state index in [1.54, 1.807) is 0 Å². The predicted molar refractivity (Wildman–Crippen MR) is 91.7 cm³/mol. The van der Waals surface area contributed by atoms with Crippen LogP contribution in [-0.4, -0.2) is 16.5 Å². The Morgan fingerprint density at radius 1 is 0.864 bits per heavy atom. The molecule has 0 saturated heterocycles. The Kier molecular flexibility index (Phi) is 6.63. The fourth-order valence-electron chi connectivity index (χ4n) is 2.88. The van der Waals surface area contributed by atoms with Gasteiger partial charge in [-0.15, -0.1) is 0 Å². The van der Waals surface area contributed by atoms with E-state index in [-0.39, 0.29) is 0 Å². The number of hydrogen-bond donors (Lipinski definition) is 2. The van der Waals surface area contributed by atoms with E-state index in [1.807, 2.05) is 6.07 Å². The maximum atomic E-state index is 9.08. The highest BCUT2D eigenvalue weighted by atomic mass is 16.5. The van der Waals surface area contributed by atoms with Crippen LogP contribution in [0.15, 0.2) is 48.5 Å². The maximum Gasteiger partial charge on any atom is 0.151 e. The minimum Gasteiger partial charge on any atom is -0.368 e. The van der Waals surface area contributed by atoms with Gasteiger partial charge in [-0.25, -0.2) is 0 Å². The lowest BCUT2D eigenvalue weighted by molar-refractivity contribution is -0.0461. The second kappa shape index (κ2) is 8.72. The molecule has 0 fully saturated rings. The van der Waals surface area contributed by atoms with Gasteiger partial charge >= 0.3 is 0 Å². The van der Waals surface area contributed by atoms with Crippen molar-refractivity contribution < 1.29 is 10.2 Å². The van der Waals surface area contributed by atoms with Gasteiger partial charge in [0.15, 0.2) is 6.29 Å². The van der Waals surface area contributed by atoms with E-state index in [1.165, 1.54) is 35.1 Å². The van der Waals surface area contributed by atoms with Gasteiger partial charge in [0.2, 0.25) is 0 Å². The van der Waals surface area contributed by atoms with Crippen molar-refractivity contribution in [3.63, 3.8) is 0 Å². The summed E-state index contributed by atoms with van der Waals surface area (Å²) in [7, 11) is 0. The average molecular weight is 298 g/mol. The quantitative estimate of drug-likeness (QED) is 0.712. The summed E-state index contributed by atoms with van der Waals surface area (Å²) in [6, 6.07) is 17.0. The van der Waals surface area contributed by atoms with Crippen LogP contribution >= 0.6 is 0 Å². The monoisotopic (exact) mass is 298 g/mol. The summed E-state index contributed by atoms with van der Waals surface area (Å²) in [5.74, 6) is 0. The number of hydrogen-bond acceptors (Lipinski definition) is 2. The summed E-state index contributed by atoms with van der Waals surface area (Å²) < 4.78 is 0. The Hall–Kier alpha value is -1.64. The standard InChI is InChI=1S/C20H26O2/c1-2-3-9-16-12-7-13-18(17-10-5-4-6-11-17)19(16)14-8-15-20(21)22/h4-7,10-13,20-22H,2-3,8-9,14-15H2,1H3. The number of aliphatic hydroxyl groups is 2. The van der Waals surface area contributed by atoms with Crippen molar-refractivity contribution in [1.29, 1.82) is 0 Å². The molecule has 2 nitrogen and oxygen atoms in total. The fraction of sp³-hybridized carbons (Fsp3) is 0.400. The SMILES string of the molecule is CCCCc1cccc(-c2ccccc2)c1CCCC(O)O. The predicted octanol–water partition coefficient (Wildman–Crippen LogP) is 4.33. The molecule has 2 aromatic carbocycles. The third-order valence-corrected chi connectivity index (χ3v) is 4.05. The van der Waals surface area contributed by atoms with Crippen molar-refractivity contribution in [2.24, 2.45) is 0 Å². The number of unbranched alkanes of at least 4 members (excludes halogenated alkanes) is 1. The van der Waals surface area contributed by atoms with E-state index < -0.39 is 6.29 Å². The highest BCUT2D eigenvalue weighted by molar-refractivity contribution is 5.68. The molecule has 0 bridgehead atoms. The van der Waals surface area contributed by atoms with Crippen LogP contribution in [0.5, 0.6) is 0 Å². The Bertz CT molecular complexity index is 561. The molecule has 0 aliphatic rings.